The molecule has 0 atom stereocenters. The van der Waals surface area contributed by atoms with Crippen LogP contribution >= 0.6 is 0 Å². The minimum Gasteiger partial charge on any atom is -0.497 e. The molecule has 4 nitrogen and oxygen atoms in total. The SMILES string of the molecule is COc1ccc2[nH]c3c(=O)n(C)ccc3c2c1. The number of pyridine rings is 1. The van der Waals surface area contributed by atoms with Gasteiger partial charge in [0.2, 0.25) is 0 Å². The summed E-state index contributed by atoms with van der Waals surface area (Å²) >= 11 is 0. The minimum atomic E-state index is -0.0160. The average molecular weight is 228 g/mol. The van der Waals surface area contributed by atoms with Gasteiger partial charge in [0.1, 0.15) is 11.3 Å². The van der Waals surface area contributed by atoms with Gasteiger partial charge in [-0.25, -0.2) is 0 Å². The number of rotatable bonds is 1. The van der Waals surface area contributed by atoms with Crippen molar-refractivity contribution < 1.29 is 4.74 Å². The first-order chi connectivity index (χ1) is 8.20. The van der Waals surface area contributed by atoms with E-state index in [9.17, 15) is 4.79 Å². The molecule has 2 heterocycles. The third-order valence-electron chi connectivity index (χ3n) is 3.04. The fraction of sp³-hybridized carbons (Fsp3) is 0.154. The van der Waals surface area contributed by atoms with Crippen LogP contribution in [-0.4, -0.2) is 16.7 Å². The number of benzene rings is 1. The highest BCUT2D eigenvalue weighted by molar-refractivity contribution is 6.07. The van der Waals surface area contributed by atoms with Crippen molar-refractivity contribution in [2.45, 2.75) is 0 Å². The van der Waals surface area contributed by atoms with E-state index >= 15 is 0 Å². The first-order valence-corrected chi connectivity index (χ1v) is 5.36. The van der Waals surface area contributed by atoms with E-state index in [1.807, 2.05) is 24.3 Å². The molecular formula is C13H12N2O2. The summed E-state index contributed by atoms with van der Waals surface area (Å²) in [6.45, 7) is 0. The summed E-state index contributed by atoms with van der Waals surface area (Å²) in [5, 5.41) is 1.94. The normalized spacial score (nSPS) is 11.2. The van der Waals surface area contributed by atoms with Gasteiger partial charge in [0, 0.05) is 29.5 Å². The van der Waals surface area contributed by atoms with E-state index in [1.54, 1.807) is 24.9 Å². The molecule has 0 saturated carbocycles. The molecule has 0 aliphatic rings. The maximum absolute atomic E-state index is 12.0. The molecule has 0 aliphatic carbocycles. The number of aromatic nitrogens is 2. The zero-order chi connectivity index (χ0) is 12.0. The van der Waals surface area contributed by atoms with E-state index in [4.69, 9.17) is 4.74 Å². The van der Waals surface area contributed by atoms with Gasteiger partial charge in [0.15, 0.2) is 0 Å². The number of ether oxygens (including phenoxy) is 1. The van der Waals surface area contributed by atoms with Crippen LogP contribution in [0.5, 0.6) is 5.75 Å². The fourth-order valence-corrected chi connectivity index (χ4v) is 2.09. The van der Waals surface area contributed by atoms with Crippen molar-refractivity contribution in [2.75, 3.05) is 7.11 Å². The third kappa shape index (κ3) is 1.34. The Balaban J connectivity index is 2.51. The second kappa shape index (κ2) is 3.38. The van der Waals surface area contributed by atoms with Gasteiger partial charge in [-0.1, -0.05) is 0 Å². The van der Waals surface area contributed by atoms with Crippen molar-refractivity contribution in [3.63, 3.8) is 0 Å². The molecule has 0 bridgehead atoms. The van der Waals surface area contributed by atoms with Crippen LogP contribution in [0.1, 0.15) is 0 Å². The van der Waals surface area contributed by atoms with Crippen LogP contribution in [-0.2, 0) is 7.05 Å². The zero-order valence-electron chi connectivity index (χ0n) is 9.65. The number of methoxy groups -OCH3 is 1. The highest BCUT2D eigenvalue weighted by atomic mass is 16.5. The summed E-state index contributed by atoms with van der Waals surface area (Å²) in [7, 11) is 3.38. The first-order valence-electron chi connectivity index (χ1n) is 5.36. The van der Waals surface area contributed by atoms with E-state index in [0.29, 0.717) is 5.52 Å². The zero-order valence-corrected chi connectivity index (χ0v) is 9.65. The molecule has 0 saturated heterocycles. The Morgan fingerprint density at radius 2 is 2.06 bits per heavy atom. The molecule has 0 fully saturated rings. The standard InChI is InChI=1S/C13H12N2O2/c1-15-6-5-9-10-7-8(17-2)3-4-11(10)14-12(9)13(15)16/h3-7,14H,1-2H3. The number of H-pyrrole nitrogens is 1. The maximum Gasteiger partial charge on any atom is 0.274 e. The molecule has 1 N–H and O–H groups in total. The highest BCUT2D eigenvalue weighted by Gasteiger charge is 2.08. The molecule has 1 aromatic carbocycles. The molecule has 0 amide bonds. The number of fused-ring (bicyclic) bond motifs is 3. The van der Waals surface area contributed by atoms with Gasteiger partial charge < -0.3 is 14.3 Å². The van der Waals surface area contributed by atoms with Gasteiger partial charge in [-0.15, -0.1) is 0 Å². The van der Waals surface area contributed by atoms with Crippen LogP contribution in [0.25, 0.3) is 21.8 Å². The van der Waals surface area contributed by atoms with E-state index in [1.165, 1.54) is 0 Å². The molecule has 4 heteroatoms. The van der Waals surface area contributed by atoms with E-state index in [2.05, 4.69) is 4.98 Å². The van der Waals surface area contributed by atoms with Crippen LogP contribution in [0.3, 0.4) is 0 Å². The number of nitrogens with one attached hydrogen (secondary N) is 1. The fourth-order valence-electron chi connectivity index (χ4n) is 2.09. The van der Waals surface area contributed by atoms with Crippen LogP contribution in [0, 0.1) is 0 Å². The Bertz CT molecular complexity index is 768. The number of hydrogen-bond acceptors (Lipinski definition) is 2. The summed E-state index contributed by atoms with van der Waals surface area (Å²) in [5.41, 5.74) is 1.57. The lowest BCUT2D eigenvalue weighted by Gasteiger charge is -1.99. The molecule has 0 spiro atoms. The smallest absolute Gasteiger partial charge is 0.274 e. The molecule has 17 heavy (non-hydrogen) atoms. The minimum absolute atomic E-state index is 0.0160. The van der Waals surface area contributed by atoms with Crippen molar-refractivity contribution in [3.05, 3.63) is 40.8 Å². The van der Waals surface area contributed by atoms with Crippen LogP contribution in [0.2, 0.25) is 0 Å². The second-order valence-corrected chi connectivity index (χ2v) is 4.06. The molecule has 86 valence electrons. The molecule has 3 rings (SSSR count). The predicted octanol–water partition coefficient (Wildman–Crippen LogP) is 2.03. The Morgan fingerprint density at radius 3 is 2.82 bits per heavy atom. The molecule has 2 aromatic heterocycles. The Kier molecular flexibility index (Phi) is 1.98. The molecule has 0 aliphatic heterocycles. The second-order valence-electron chi connectivity index (χ2n) is 4.06. The van der Waals surface area contributed by atoms with Gasteiger partial charge in [-0.05, 0) is 24.3 Å². The van der Waals surface area contributed by atoms with E-state index in [-0.39, 0.29) is 5.56 Å². The molecular weight excluding hydrogens is 216 g/mol. The molecule has 0 radical (unpaired) electrons. The summed E-state index contributed by atoms with van der Waals surface area (Å²) in [6.07, 6.45) is 1.78. The lowest BCUT2D eigenvalue weighted by molar-refractivity contribution is 0.415. The van der Waals surface area contributed by atoms with Gasteiger partial charge in [0.05, 0.1) is 7.11 Å². The summed E-state index contributed by atoms with van der Waals surface area (Å²) in [6, 6.07) is 7.68. The summed E-state index contributed by atoms with van der Waals surface area (Å²) < 4.78 is 6.76. The van der Waals surface area contributed by atoms with Crippen LogP contribution in [0.15, 0.2) is 35.3 Å². The van der Waals surface area contributed by atoms with Crippen molar-refractivity contribution in [3.8, 4) is 5.75 Å². The lowest BCUT2D eigenvalue weighted by atomic mass is 10.2. The Morgan fingerprint density at radius 1 is 1.24 bits per heavy atom. The highest BCUT2D eigenvalue weighted by Crippen LogP contribution is 2.26. The van der Waals surface area contributed by atoms with E-state index in [0.717, 1.165) is 22.0 Å². The number of aromatic amines is 1. The number of hydrogen-bond donors (Lipinski definition) is 1. The van der Waals surface area contributed by atoms with Gasteiger partial charge in [-0.2, -0.15) is 0 Å². The quantitative estimate of drug-likeness (QED) is 0.692. The topological polar surface area (TPSA) is 47.0 Å². The van der Waals surface area contributed by atoms with Crippen molar-refractivity contribution in [1.29, 1.82) is 0 Å². The first kappa shape index (κ1) is 9.96. The number of aryl methyl sites for hydroxylation is 1. The molecule has 3 aromatic rings. The Labute approximate surface area is 97.4 Å². The molecule has 0 unspecified atom stereocenters. The monoisotopic (exact) mass is 228 g/mol. The van der Waals surface area contributed by atoms with Crippen LogP contribution < -0.4 is 10.3 Å². The van der Waals surface area contributed by atoms with Gasteiger partial charge >= 0.3 is 0 Å². The van der Waals surface area contributed by atoms with Crippen molar-refractivity contribution in [2.24, 2.45) is 7.05 Å². The van der Waals surface area contributed by atoms with Crippen molar-refractivity contribution >= 4 is 21.8 Å². The summed E-state index contributed by atoms with van der Waals surface area (Å²) in [4.78, 5) is 15.1. The Hall–Kier alpha value is -2.23. The summed E-state index contributed by atoms with van der Waals surface area (Å²) in [5.74, 6) is 0.791. The lowest BCUT2D eigenvalue weighted by Crippen LogP contribution is -2.15. The average Bonchev–Trinajstić information content (AvgIpc) is 2.72. The van der Waals surface area contributed by atoms with Crippen molar-refractivity contribution in [1.82, 2.24) is 9.55 Å². The maximum atomic E-state index is 12.0. The largest absolute Gasteiger partial charge is 0.497 e. The van der Waals surface area contributed by atoms with Gasteiger partial charge in [0.25, 0.3) is 5.56 Å². The van der Waals surface area contributed by atoms with Crippen LogP contribution in [0.4, 0.5) is 0 Å². The van der Waals surface area contributed by atoms with E-state index < -0.39 is 0 Å². The third-order valence-corrected chi connectivity index (χ3v) is 3.04. The van der Waals surface area contributed by atoms with Gasteiger partial charge in [-0.3, -0.25) is 4.79 Å². The predicted molar refractivity (Wildman–Crippen MR) is 67.6 cm³/mol. The number of nitrogens with zero attached hydrogens (tertiary/aromatic N) is 1.